The molecule has 2 atom stereocenters. The summed E-state index contributed by atoms with van der Waals surface area (Å²) in [6, 6.07) is -0.589. The predicted molar refractivity (Wildman–Crippen MR) is 85.0 cm³/mol. The molecule has 0 saturated heterocycles. The average Bonchev–Trinajstić information content (AvgIpc) is 2.46. The van der Waals surface area contributed by atoms with Gasteiger partial charge in [-0.15, -0.1) is 0 Å². The lowest BCUT2D eigenvalue weighted by Gasteiger charge is -2.12. The van der Waals surface area contributed by atoms with Crippen LogP contribution in [0.5, 0.6) is 0 Å². The molecule has 7 N–H and O–H groups in total. The molecule has 0 aliphatic rings. The molecule has 1 unspecified atom stereocenters. The largest absolute Gasteiger partial charge is 0.370 e. The number of hydrogen-bond donors (Lipinski definition) is 4. The van der Waals surface area contributed by atoms with Gasteiger partial charge in [0.1, 0.15) is 12.1 Å². The van der Waals surface area contributed by atoms with Crippen LogP contribution in [0.4, 0.5) is 0 Å². The van der Waals surface area contributed by atoms with E-state index in [1.54, 1.807) is 0 Å². The number of nitrogens with one attached hydrogen (secondary N) is 1. The Bertz CT molecular complexity index is 394. The van der Waals surface area contributed by atoms with E-state index in [0.29, 0.717) is 51.5 Å². The minimum atomic E-state index is -0.589. The van der Waals surface area contributed by atoms with Crippen molar-refractivity contribution in [3.8, 4) is 0 Å². The molecule has 8 nitrogen and oxygen atoms in total. The number of Topliss-reactive ketones (excluding diaryl/α,β-unsaturated/α-hetero) is 1. The van der Waals surface area contributed by atoms with E-state index in [-0.39, 0.29) is 17.6 Å². The lowest BCUT2D eigenvalue weighted by Crippen LogP contribution is -2.41. The Balaban J connectivity index is 3.73. The molecule has 0 fully saturated rings. The standard InChI is InChI=1S/C14H27N5O3/c1-10(21)11(9-20)5-2-3-7-18-13(22)12(15)6-4-8-19-14(16)17/h9,11-12H,2-8,15H2,1H3,(H,18,22)(H4,16,17,19)/t11?,12-/m0/s1. The number of carbonyl (C=O) groups excluding carboxylic acids is 3. The van der Waals surface area contributed by atoms with Crippen LogP contribution >= 0.6 is 0 Å². The van der Waals surface area contributed by atoms with Gasteiger partial charge in [-0.25, -0.2) is 0 Å². The number of amides is 1. The van der Waals surface area contributed by atoms with Gasteiger partial charge in [-0.05, 0) is 32.6 Å². The van der Waals surface area contributed by atoms with E-state index in [0.717, 1.165) is 0 Å². The van der Waals surface area contributed by atoms with Gasteiger partial charge < -0.3 is 27.3 Å². The highest BCUT2D eigenvalue weighted by Gasteiger charge is 2.13. The summed E-state index contributed by atoms with van der Waals surface area (Å²) < 4.78 is 0. The van der Waals surface area contributed by atoms with E-state index in [1.165, 1.54) is 6.92 Å². The van der Waals surface area contributed by atoms with E-state index in [1.807, 2.05) is 0 Å². The van der Waals surface area contributed by atoms with Crippen LogP contribution in [-0.4, -0.2) is 43.1 Å². The summed E-state index contributed by atoms with van der Waals surface area (Å²) in [4.78, 5) is 37.2. The third-order valence-corrected chi connectivity index (χ3v) is 3.23. The topological polar surface area (TPSA) is 154 Å². The van der Waals surface area contributed by atoms with Gasteiger partial charge in [0.15, 0.2) is 5.96 Å². The molecule has 0 aliphatic heterocycles. The second kappa shape index (κ2) is 11.7. The number of guanidine groups is 1. The Hall–Kier alpha value is -1.96. The van der Waals surface area contributed by atoms with Gasteiger partial charge in [-0.1, -0.05) is 6.42 Å². The quantitative estimate of drug-likeness (QED) is 0.120. The first-order valence-corrected chi connectivity index (χ1v) is 7.43. The Morgan fingerprint density at radius 3 is 2.41 bits per heavy atom. The van der Waals surface area contributed by atoms with Crippen molar-refractivity contribution in [1.29, 1.82) is 0 Å². The summed E-state index contributed by atoms with van der Waals surface area (Å²) >= 11 is 0. The highest BCUT2D eigenvalue weighted by Crippen LogP contribution is 2.06. The Morgan fingerprint density at radius 2 is 1.86 bits per heavy atom. The number of ketones is 1. The summed E-state index contributed by atoms with van der Waals surface area (Å²) in [7, 11) is 0. The van der Waals surface area contributed by atoms with Gasteiger partial charge in [0.2, 0.25) is 5.91 Å². The van der Waals surface area contributed by atoms with Gasteiger partial charge in [0.25, 0.3) is 0 Å². The molecule has 8 heteroatoms. The first kappa shape index (κ1) is 20.0. The van der Waals surface area contributed by atoms with E-state index >= 15 is 0 Å². The zero-order chi connectivity index (χ0) is 17.0. The highest BCUT2D eigenvalue weighted by atomic mass is 16.2. The normalized spacial score (nSPS) is 13.0. The molecule has 0 heterocycles. The number of unbranched alkanes of at least 4 members (excludes halogenated alkanes) is 1. The summed E-state index contributed by atoms with van der Waals surface area (Å²) in [5.74, 6) is -0.851. The van der Waals surface area contributed by atoms with Gasteiger partial charge in [0, 0.05) is 13.1 Å². The second-order valence-corrected chi connectivity index (χ2v) is 5.20. The van der Waals surface area contributed by atoms with Crippen molar-refractivity contribution >= 4 is 23.9 Å². The van der Waals surface area contributed by atoms with Crippen molar-refractivity contribution in [3.05, 3.63) is 0 Å². The van der Waals surface area contributed by atoms with Crippen molar-refractivity contribution < 1.29 is 14.4 Å². The summed E-state index contributed by atoms with van der Waals surface area (Å²) in [6.45, 7) is 2.33. The molecule has 1 amide bonds. The lowest BCUT2D eigenvalue weighted by atomic mass is 10.00. The minimum absolute atomic E-state index is 0.0252. The van der Waals surface area contributed by atoms with Crippen LogP contribution in [0.2, 0.25) is 0 Å². The summed E-state index contributed by atoms with van der Waals surface area (Å²) in [6.07, 6.45) is 3.71. The van der Waals surface area contributed by atoms with Crippen LogP contribution < -0.4 is 22.5 Å². The molecule has 0 bridgehead atoms. The zero-order valence-corrected chi connectivity index (χ0v) is 13.1. The number of aliphatic imine (C=N–C) groups is 1. The smallest absolute Gasteiger partial charge is 0.236 e. The molecule has 0 aromatic heterocycles. The lowest BCUT2D eigenvalue weighted by molar-refractivity contribution is -0.126. The molecule has 0 aromatic carbocycles. The Kier molecular flexibility index (Phi) is 10.6. The van der Waals surface area contributed by atoms with Crippen LogP contribution in [-0.2, 0) is 14.4 Å². The van der Waals surface area contributed by atoms with Crippen molar-refractivity contribution in [1.82, 2.24) is 5.32 Å². The molecule has 126 valence electrons. The van der Waals surface area contributed by atoms with Gasteiger partial charge >= 0.3 is 0 Å². The third-order valence-electron chi connectivity index (χ3n) is 3.23. The van der Waals surface area contributed by atoms with Crippen molar-refractivity contribution in [2.75, 3.05) is 13.1 Å². The average molecular weight is 313 g/mol. The van der Waals surface area contributed by atoms with Crippen LogP contribution in [0, 0.1) is 5.92 Å². The molecule has 0 aliphatic carbocycles. The molecule has 0 spiro atoms. The maximum absolute atomic E-state index is 11.7. The SMILES string of the molecule is CC(=O)C(C=O)CCCCNC(=O)[C@@H](N)CCCN=C(N)N. The monoisotopic (exact) mass is 313 g/mol. The van der Waals surface area contributed by atoms with E-state index in [9.17, 15) is 14.4 Å². The maximum Gasteiger partial charge on any atom is 0.236 e. The van der Waals surface area contributed by atoms with Crippen LogP contribution in [0.1, 0.15) is 39.0 Å². The molecule has 0 rings (SSSR count). The number of nitrogens with two attached hydrogens (primary N) is 3. The molecule has 22 heavy (non-hydrogen) atoms. The molecular weight excluding hydrogens is 286 g/mol. The Labute approximate surface area is 130 Å². The van der Waals surface area contributed by atoms with Crippen LogP contribution in [0.3, 0.4) is 0 Å². The Morgan fingerprint density at radius 1 is 1.18 bits per heavy atom. The number of aldehydes is 1. The minimum Gasteiger partial charge on any atom is -0.370 e. The highest BCUT2D eigenvalue weighted by molar-refractivity contribution is 5.91. The maximum atomic E-state index is 11.7. The second-order valence-electron chi connectivity index (χ2n) is 5.20. The van der Waals surface area contributed by atoms with E-state index in [4.69, 9.17) is 17.2 Å². The fraction of sp³-hybridized carbons (Fsp3) is 0.714. The predicted octanol–water partition coefficient (Wildman–Crippen LogP) is -0.942. The molecule has 0 aromatic rings. The zero-order valence-electron chi connectivity index (χ0n) is 13.1. The van der Waals surface area contributed by atoms with E-state index in [2.05, 4.69) is 10.3 Å². The fourth-order valence-electron chi connectivity index (χ4n) is 1.85. The molecule has 0 radical (unpaired) electrons. The van der Waals surface area contributed by atoms with Crippen molar-refractivity contribution in [2.45, 2.75) is 45.1 Å². The summed E-state index contributed by atoms with van der Waals surface area (Å²) in [5.41, 5.74) is 16.1. The summed E-state index contributed by atoms with van der Waals surface area (Å²) in [5, 5.41) is 2.73. The molecule has 0 saturated carbocycles. The first-order valence-electron chi connectivity index (χ1n) is 7.43. The van der Waals surface area contributed by atoms with Crippen LogP contribution in [0.15, 0.2) is 4.99 Å². The van der Waals surface area contributed by atoms with E-state index < -0.39 is 12.0 Å². The number of carbonyl (C=O) groups is 3. The fourth-order valence-corrected chi connectivity index (χ4v) is 1.85. The van der Waals surface area contributed by atoms with Gasteiger partial charge in [-0.3, -0.25) is 14.6 Å². The molecular formula is C14H27N5O3. The van der Waals surface area contributed by atoms with Crippen molar-refractivity contribution in [2.24, 2.45) is 28.1 Å². The number of hydrogen-bond acceptors (Lipinski definition) is 5. The number of nitrogens with zero attached hydrogens (tertiary/aromatic N) is 1. The number of rotatable bonds is 12. The van der Waals surface area contributed by atoms with Crippen LogP contribution in [0.25, 0.3) is 0 Å². The van der Waals surface area contributed by atoms with Gasteiger partial charge in [0.05, 0.1) is 12.0 Å². The first-order chi connectivity index (χ1) is 10.4. The third kappa shape index (κ3) is 9.87. The van der Waals surface area contributed by atoms with Gasteiger partial charge in [-0.2, -0.15) is 0 Å². The van der Waals surface area contributed by atoms with Crippen molar-refractivity contribution in [3.63, 3.8) is 0 Å².